The first-order valence-electron chi connectivity index (χ1n) is 8.19. The maximum Gasteiger partial charge on any atom is 0.164 e. The molecule has 1 fully saturated rings. The Morgan fingerprint density at radius 2 is 2.04 bits per heavy atom. The van der Waals surface area contributed by atoms with Gasteiger partial charge in [0.25, 0.3) is 0 Å². The summed E-state index contributed by atoms with van der Waals surface area (Å²) < 4.78 is 4.64. The normalized spacial score (nSPS) is 15.2. The summed E-state index contributed by atoms with van der Waals surface area (Å²) in [5.41, 5.74) is 1.67. The quantitative estimate of drug-likeness (QED) is 0.594. The van der Waals surface area contributed by atoms with Crippen molar-refractivity contribution in [3.05, 3.63) is 34.3 Å². The van der Waals surface area contributed by atoms with Crippen LogP contribution in [-0.2, 0) is 6.54 Å². The van der Waals surface area contributed by atoms with Crippen LogP contribution in [0.2, 0.25) is 5.15 Å². The molecule has 3 aromatic heterocycles. The smallest absolute Gasteiger partial charge is 0.164 e. The molecule has 1 atom stereocenters. The van der Waals surface area contributed by atoms with Gasteiger partial charge in [0.2, 0.25) is 0 Å². The van der Waals surface area contributed by atoms with Gasteiger partial charge in [-0.2, -0.15) is 5.10 Å². The van der Waals surface area contributed by atoms with Gasteiger partial charge in [0.15, 0.2) is 5.65 Å². The molecule has 3 heterocycles. The first-order chi connectivity index (χ1) is 11.6. The highest BCUT2D eigenvalue weighted by atomic mass is 79.9. The largest absolute Gasteiger partial charge is 0.337 e. The van der Waals surface area contributed by atoms with Crippen molar-refractivity contribution in [2.75, 3.05) is 0 Å². The van der Waals surface area contributed by atoms with Crippen LogP contribution in [0.15, 0.2) is 23.5 Å². The number of fused-ring (bicyclic) bond motifs is 1. The van der Waals surface area contributed by atoms with E-state index < -0.39 is 0 Å². The number of nitrogens with zero attached hydrogens (tertiary/aromatic N) is 6. The molecule has 128 valence electrons. The van der Waals surface area contributed by atoms with Crippen LogP contribution >= 0.6 is 27.5 Å². The van der Waals surface area contributed by atoms with Crippen LogP contribution in [0.1, 0.15) is 45.3 Å². The molecule has 0 aromatic carbocycles. The second kappa shape index (κ2) is 7.19. The van der Waals surface area contributed by atoms with Crippen LogP contribution in [0.5, 0.6) is 0 Å². The first-order valence-corrected chi connectivity index (χ1v) is 9.36. The second-order valence-corrected chi connectivity index (χ2v) is 6.82. The van der Waals surface area contributed by atoms with Gasteiger partial charge in [-0.1, -0.05) is 25.4 Å². The van der Waals surface area contributed by atoms with Gasteiger partial charge < -0.3 is 4.57 Å². The summed E-state index contributed by atoms with van der Waals surface area (Å²) in [6.45, 7) is 7.11. The van der Waals surface area contributed by atoms with E-state index in [1.54, 1.807) is 0 Å². The molecular formula is C16H20BrClN6. The van der Waals surface area contributed by atoms with E-state index in [0.717, 1.165) is 23.5 Å². The van der Waals surface area contributed by atoms with Crippen molar-refractivity contribution in [1.82, 2.24) is 29.3 Å². The number of hydrogen-bond donors (Lipinski definition) is 0. The lowest BCUT2D eigenvalue weighted by Crippen LogP contribution is -2.09. The Morgan fingerprint density at radius 3 is 2.75 bits per heavy atom. The van der Waals surface area contributed by atoms with Gasteiger partial charge in [-0.25, -0.2) is 19.6 Å². The van der Waals surface area contributed by atoms with Gasteiger partial charge in [0.1, 0.15) is 16.1 Å². The van der Waals surface area contributed by atoms with Crippen molar-refractivity contribution >= 4 is 38.6 Å². The highest BCUT2D eigenvalue weighted by molar-refractivity contribution is 9.10. The SMILES string of the molecule is CC.CC(c1cn(CC2CC2)cn1)n1nc(Br)c2c(Cl)ncnc21. The Morgan fingerprint density at radius 1 is 1.29 bits per heavy atom. The average Bonchev–Trinajstić information content (AvgIpc) is 3.16. The average molecular weight is 412 g/mol. The predicted octanol–water partition coefficient (Wildman–Crippen LogP) is 4.48. The summed E-state index contributed by atoms with van der Waals surface area (Å²) in [6, 6.07) is -0.0276. The minimum atomic E-state index is -0.0276. The van der Waals surface area contributed by atoms with Crippen LogP contribution in [0.4, 0.5) is 0 Å². The van der Waals surface area contributed by atoms with E-state index in [2.05, 4.69) is 53.7 Å². The van der Waals surface area contributed by atoms with Gasteiger partial charge in [-0.15, -0.1) is 0 Å². The minimum Gasteiger partial charge on any atom is -0.337 e. The summed E-state index contributed by atoms with van der Waals surface area (Å²) in [6.07, 6.45) is 8.10. The van der Waals surface area contributed by atoms with Crippen molar-refractivity contribution in [3.63, 3.8) is 0 Å². The van der Waals surface area contributed by atoms with Crippen molar-refractivity contribution in [2.45, 2.75) is 46.2 Å². The lowest BCUT2D eigenvalue weighted by molar-refractivity contribution is 0.562. The van der Waals surface area contributed by atoms with E-state index in [1.807, 2.05) is 24.9 Å². The summed E-state index contributed by atoms with van der Waals surface area (Å²) >= 11 is 9.57. The fourth-order valence-electron chi connectivity index (χ4n) is 2.59. The molecule has 8 heteroatoms. The summed E-state index contributed by atoms with van der Waals surface area (Å²) in [7, 11) is 0. The third kappa shape index (κ3) is 3.32. The Hall–Kier alpha value is -1.47. The molecule has 0 radical (unpaired) electrons. The van der Waals surface area contributed by atoms with Crippen molar-refractivity contribution < 1.29 is 0 Å². The van der Waals surface area contributed by atoms with Crippen LogP contribution in [-0.4, -0.2) is 29.3 Å². The highest BCUT2D eigenvalue weighted by Crippen LogP contribution is 2.32. The summed E-state index contributed by atoms with van der Waals surface area (Å²) in [5, 5.41) is 5.63. The number of imidazole rings is 1. The van der Waals surface area contributed by atoms with E-state index in [9.17, 15) is 0 Å². The molecule has 1 aliphatic carbocycles. The van der Waals surface area contributed by atoms with Gasteiger partial charge in [0.05, 0.1) is 23.4 Å². The third-order valence-corrected chi connectivity index (χ3v) is 4.86. The van der Waals surface area contributed by atoms with E-state index in [4.69, 9.17) is 11.6 Å². The topological polar surface area (TPSA) is 61.4 Å². The predicted molar refractivity (Wildman–Crippen MR) is 98.1 cm³/mol. The molecule has 0 spiro atoms. The molecule has 6 nitrogen and oxygen atoms in total. The number of hydrogen-bond acceptors (Lipinski definition) is 4. The molecule has 0 aliphatic heterocycles. The van der Waals surface area contributed by atoms with E-state index >= 15 is 0 Å². The number of rotatable bonds is 4. The maximum absolute atomic E-state index is 6.14. The zero-order chi connectivity index (χ0) is 17.3. The van der Waals surface area contributed by atoms with Gasteiger partial charge in [-0.05, 0) is 41.6 Å². The van der Waals surface area contributed by atoms with Crippen LogP contribution in [0.3, 0.4) is 0 Å². The fourth-order valence-corrected chi connectivity index (χ4v) is 3.45. The van der Waals surface area contributed by atoms with E-state index in [0.29, 0.717) is 15.4 Å². The number of halogens is 2. The molecule has 3 aromatic rings. The van der Waals surface area contributed by atoms with Gasteiger partial charge >= 0.3 is 0 Å². The van der Waals surface area contributed by atoms with Crippen LogP contribution in [0, 0.1) is 5.92 Å². The Bertz CT molecular complexity index is 838. The lowest BCUT2D eigenvalue weighted by atomic mass is 10.2. The molecular weight excluding hydrogens is 392 g/mol. The van der Waals surface area contributed by atoms with Crippen molar-refractivity contribution in [1.29, 1.82) is 0 Å². The zero-order valence-electron chi connectivity index (χ0n) is 13.9. The molecule has 1 aliphatic rings. The van der Waals surface area contributed by atoms with Crippen LogP contribution < -0.4 is 0 Å². The Balaban J connectivity index is 0.000000815. The highest BCUT2D eigenvalue weighted by Gasteiger charge is 2.23. The molecule has 0 amide bonds. The molecule has 1 saturated carbocycles. The van der Waals surface area contributed by atoms with Crippen LogP contribution in [0.25, 0.3) is 11.0 Å². The number of aromatic nitrogens is 6. The van der Waals surface area contributed by atoms with Gasteiger partial charge in [0, 0.05) is 12.7 Å². The summed E-state index contributed by atoms with van der Waals surface area (Å²) in [5.74, 6) is 0.823. The van der Waals surface area contributed by atoms with E-state index in [1.165, 1.54) is 19.2 Å². The molecule has 0 bridgehead atoms. The van der Waals surface area contributed by atoms with Crippen molar-refractivity contribution in [3.8, 4) is 0 Å². The zero-order valence-corrected chi connectivity index (χ0v) is 16.3. The molecule has 4 rings (SSSR count). The minimum absolute atomic E-state index is 0.0276. The standard InChI is InChI=1S/C14H14BrClN6.C2H6/c1-8(10-5-21(7-19-10)4-9-2-3-9)22-14-11(12(15)20-22)13(16)17-6-18-14;1-2/h5-9H,2-4H2,1H3;1-2H3. The maximum atomic E-state index is 6.14. The first kappa shape index (κ1) is 17.4. The molecule has 0 N–H and O–H groups in total. The third-order valence-electron chi connectivity index (χ3n) is 4.01. The Kier molecular flexibility index (Phi) is 5.20. The van der Waals surface area contributed by atoms with Gasteiger partial charge in [-0.3, -0.25) is 0 Å². The fraction of sp³-hybridized carbons (Fsp3) is 0.500. The van der Waals surface area contributed by atoms with Crippen molar-refractivity contribution in [2.24, 2.45) is 5.92 Å². The monoisotopic (exact) mass is 410 g/mol. The second-order valence-electron chi connectivity index (χ2n) is 5.71. The van der Waals surface area contributed by atoms with E-state index in [-0.39, 0.29) is 6.04 Å². The Labute approximate surface area is 154 Å². The molecule has 0 saturated heterocycles. The lowest BCUT2D eigenvalue weighted by Gasteiger charge is -2.10. The molecule has 1 unspecified atom stereocenters. The summed E-state index contributed by atoms with van der Waals surface area (Å²) in [4.78, 5) is 12.8. The molecule has 24 heavy (non-hydrogen) atoms.